The van der Waals surface area contributed by atoms with Crippen molar-refractivity contribution in [3.8, 4) is 22.9 Å². The van der Waals surface area contributed by atoms with E-state index in [-0.39, 0.29) is 65.5 Å². The Morgan fingerprint density at radius 1 is 0.909 bits per heavy atom. The number of rotatable bonds is 19. The van der Waals surface area contributed by atoms with E-state index in [2.05, 4.69) is 30.7 Å². The number of nitrogens with zero attached hydrogens (tertiary/aromatic N) is 5. The van der Waals surface area contributed by atoms with Crippen LogP contribution in [0, 0.1) is 0 Å². The summed E-state index contributed by atoms with van der Waals surface area (Å²) in [6.45, 7) is 2.30. The smallest absolute Gasteiger partial charge is 0.474 e. The molecule has 2 saturated heterocycles. The molecule has 3 aliphatic rings. The predicted octanol–water partition coefficient (Wildman–Crippen LogP) is 4.14. The molecule has 21 heteroatoms. The SMILES string of the molecule is NC(=O)c1cc(-c2cn(CCCCNC(=O)CCCCNc3cccc4c3C(=O)N(C3CCC(=O)NC3=O)C4=O)cn2)cnc1OC1CCN(C(=O)Cc2ccc(OC(F)(F)F)cc2)CC1. The second kappa shape index (κ2) is 20.7. The summed E-state index contributed by atoms with van der Waals surface area (Å²) in [6.07, 6.45) is 3.89. The molecule has 0 spiro atoms. The second-order valence-corrected chi connectivity index (χ2v) is 16.1. The van der Waals surface area contributed by atoms with Gasteiger partial charge in [-0.1, -0.05) is 18.2 Å². The van der Waals surface area contributed by atoms with Crippen molar-refractivity contribution in [3.63, 3.8) is 0 Å². The molecule has 66 heavy (non-hydrogen) atoms. The molecule has 4 aromatic rings. The highest BCUT2D eigenvalue weighted by molar-refractivity contribution is 6.25. The molecule has 5 N–H and O–H groups in total. The number of fused-ring (bicyclic) bond motifs is 1. The Labute approximate surface area is 376 Å². The van der Waals surface area contributed by atoms with Crippen LogP contribution in [-0.4, -0.2) is 110 Å². The van der Waals surface area contributed by atoms with E-state index < -0.39 is 41.9 Å². The number of anilines is 1. The summed E-state index contributed by atoms with van der Waals surface area (Å²) >= 11 is 0. The highest BCUT2D eigenvalue weighted by Gasteiger charge is 2.45. The minimum Gasteiger partial charge on any atom is -0.474 e. The molecule has 1 unspecified atom stereocenters. The quantitative estimate of drug-likeness (QED) is 0.0768. The van der Waals surface area contributed by atoms with Gasteiger partial charge in [-0.05, 0) is 68.0 Å². The molecule has 2 aromatic carbocycles. The minimum atomic E-state index is -4.80. The fourth-order valence-electron chi connectivity index (χ4n) is 8.00. The van der Waals surface area contributed by atoms with Crippen molar-refractivity contribution in [2.75, 3.05) is 31.5 Å². The van der Waals surface area contributed by atoms with Crippen LogP contribution in [0.15, 0.2) is 67.3 Å². The summed E-state index contributed by atoms with van der Waals surface area (Å²) in [6, 6.07) is 10.5. The zero-order chi connectivity index (χ0) is 47.0. The Morgan fingerprint density at radius 2 is 1.67 bits per heavy atom. The number of imidazole rings is 1. The molecule has 0 aliphatic carbocycles. The van der Waals surface area contributed by atoms with Crippen LogP contribution in [0.2, 0.25) is 0 Å². The van der Waals surface area contributed by atoms with Crippen LogP contribution in [-0.2, 0) is 32.1 Å². The van der Waals surface area contributed by atoms with Crippen LogP contribution < -0.4 is 31.2 Å². The fraction of sp³-hybridized carbons (Fsp3) is 0.400. The van der Waals surface area contributed by atoms with Gasteiger partial charge in [0.1, 0.15) is 23.5 Å². The topological polar surface area (TPSA) is 237 Å². The lowest BCUT2D eigenvalue weighted by molar-refractivity contribution is -0.274. The number of benzene rings is 2. The maximum atomic E-state index is 13.3. The first-order valence-corrected chi connectivity index (χ1v) is 21.6. The molecule has 0 saturated carbocycles. The number of imide groups is 2. The van der Waals surface area contributed by atoms with Crippen LogP contribution in [0.25, 0.3) is 11.3 Å². The Morgan fingerprint density at radius 3 is 2.39 bits per heavy atom. The third kappa shape index (κ3) is 11.7. The summed E-state index contributed by atoms with van der Waals surface area (Å²) in [5.74, 6) is -3.57. The molecule has 1 atom stereocenters. The number of primary amides is 1. The number of aryl methyl sites for hydroxylation is 1. The van der Waals surface area contributed by atoms with Crippen molar-refractivity contribution in [3.05, 3.63) is 89.5 Å². The van der Waals surface area contributed by atoms with Crippen molar-refractivity contribution in [2.45, 2.75) is 89.3 Å². The fourth-order valence-corrected chi connectivity index (χ4v) is 8.00. The lowest BCUT2D eigenvalue weighted by Gasteiger charge is -2.32. The molecule has 7 amide bonds. The molecule has 0 bridgehead atoms. The third-order valence-corrected chi connectivity index (χ3v) is 11.4. The average Bonchev–Trinajstić information content (AvgIpc) is 3.85. The molecule has 18 nitrogen and oxygen atoms in total. The third-order valence-electron chi connectivity index (χ3n) is 11.4. The van der Waals surface area contributed by atoms with E-state index in [0.717, 1.165) is 23.5 Å². The van der Waals surface area contributed by atoms with Gasteiger partial charge >= 0.3 is 6.36 Å². The van der Waals surface area contributed by atoms with Crippen molar-refractivity contribution in [2.24, 2.45) is 5.73 Å². The maximum Gasteiger partial charge on any atom is 0.573 e. The van der Waals surface area contributed by atoms with Gasteiger partial charge in [0.05, 0.1) is 29.6 Å². The number of halogens is 3. The number of alkyl halides is 3. The number of carbonyl (C=O) groups excluding carboxylic acids is 7. The first-order valence-electron chi connectivity index (χ1n) is 21.6. The summed E-state index contributed by atoms with van der Waals surface area (Å²) in [7, 11) is 0. The van der Waals surface area contributed by atoms with Gasteiger partial charge in [0.2, 0.25) is 29.5 Å². The number of pyridine rings is 1. The lowest BCUT2D eigenvalue weighted by Crippen LogP contribution is -2.54. The molecule has 2 fully saturated rings. The molecular weight excluding hydrogens is 868 g/mol. The summed E-state index contributed by atoms with van der Waals surface area (Å²) < 4.78 is 49.2. The van der Waals surface area contributed by atoms with Crippen LogP contribution in [0.5, 0.6) is 11.6 Å². The monoisotopic (exact) mass is 915 g/mol. The van der Waals surface area contributed by atoms with E-state index in [9.17, 15) is 46.7 Å². The van der Waals surface area contributed by atoms with Gasteiger partial charge in [-0.2, -0.15) is 0 Å². The number of hydrogen-bond donors (Lipinski definition) is 4. The first kappa shape index (κ1) is 46.7. The Hall–Kier alpha value is -7.32. The van der Waals surface area contributed by atoms with E-state index in [1.54, 1.807) is 35.6 Å². The van der Waals surface area contributed by atoms with Crippen LogP contribution in [0.3, 0.4) is 0 Å². The van der Waals surface area contributed by atoms with E-state index in [4.69, 9.17) is 10.5 Å². The van der Waals surface area contributed by atoms with Gasteiger partial charge in [0.25, 0.3) is 17.7 Å². The minimum absolute atomic E-state index is 0.0132. The van der Waals surface area contributed by atoms with Crippen molar-refractivity contribution in [1.82, 2.24) is 35.0 Å². The normalized spacial score (nSPS) is 16.5. The highest BCUT2D eigenvalue weighted by atomic mass is 19.4. The summed E-state index contributed by atoms with van der Waals surface area (Å²) in [5.41, 5.74) is 8.30. The number of likely N-dealkylation sites (tertiary alicyclic amines) is 1. The number of ether oxygens (including phenoxy) is 2. The Balaban J connectivity index is 0.785. The number of nitrogens with one attached hydrogen (secondary N) is 3. The number of carbonyl (C=O) groups is 7. The van der Waals surface area contributed by atoms with Gasteiger partial charge in [-0.25, -0.2) is 9.97 Å². The zero-order valence-corrected chi connectivity index (χ0v) is 35.7. The Kier molecular flexibility index (Phi) is 14.6. The van der Waals surface area contributed by atoms with E-state index >= 15 is 0 Å². The predicted molar refractivity (Wildman–Crippen MR) is 229 cm³/mol. The van der Waals surface area contributed by atoms with Gasteiger partial charge in [0, 0.05) is 82.1 Å². The largest absolute Gasteiger partial charge is 0.573 e. The number of hydrogen-bond acceptors (Lipinski definition) is 12. The van der Waals surface area contributed by atoms with Gasteiger partial charge in [-0.3, -0.25) is 43.8 Å². The zero-order valence-electron chi connectivity index (χ0n) is 35.7. The van der Waals surface area contributed by atoms with E-state index in [1.165, 1.54) is 18.2 Å². The van der Waals surface area contributed by atoms with Gasteiger partial charge in [0.15, 0.2) is 0 Å². The lowest BCUT2D eigenvalue weighted by atomic mass is 10.0. The number of piperidine rings is 2. The highest BCUT2D eigenvalue weighted by Crippen LogP contribution is 2.33. The van der Waals surface area contributed by atoms with Crippen molar-refractivity contribution in [1.29, 1.82) is 0 Å². The van der Waals surface area contributed by atoms with Crippen molar-refractivity contribution < 1.29 is 56.2 Å². The molecule has 0 radical (unpaired) electrons. The molecule has 2 aromatic heterocycles. The second-order valence-electron chi connectivity index (χ2n) is 16.1. The number of nitrogens with two attached hydrogens (primary N) is 1. The number of amides is 7. The molecular formula is C45H48F3N9O9. The molecule has 7 rings (SSSR count). The first-order chi connectivity index (χ1) is 31.6. The maximum absolute atomic E-state index is 13.3. The Bertz CT molecular complexity index is 2490. The van der Waals surface area contributed by atoms with Crippen LogP contribution in [0.4, 0.5) is 18.9 Å². The summed E-state index contributed by atoms with van der Waals surface area (Å²) in [5, 5.41) is 8.31. The number of aromatic nitrogens is 3. The van der Waals surface area contributed by atoms with Crippen LogP contribution in [0.1, 0.15) is 94.4 Å². The van der Waals surface area contributed by atoms with E-state index in [0.29, 0.717) is 93.8 Å². The summed E-state index contributed by atoms with van der Waals surface area (Å²) in [4.78, 5) is 99.6. The van der Waals surface area contributed by atoms with Crippen molar-refractivity contribution >= 4 is 47.0 Å². The van der Waals surface area contributed by atoms with Gasteiger partial charge in [-0.15, -0.1) is 13.2 Å². The standard InChI is InChI=1S/C45H48F3N9O9/c46-45(47,48)66-30-11-9-27(10-12-30)22-38(60)56-20-15-29(16-21-56)65-42-32(40(49)61)23-28(24-52-42)34-25-55(26-53-34)19-4-3-18-51-36(58)8-1-2-17-50-33-7-5-6-31-39(33)44(64)57(43(31)63)35-13-14-37(59)54-41(35)62/h5-7,9-12,23-26,29,35,50H,1-4,8,13-22H2,(H2,49,61)(H,51,58)(H,54,59,62). The van der Waals surface area contributed by atoms with E-state index in [1.807, 2.05) is 10.8 Å². The van der Waals surface area contributed by atoms with Gasteiger partial charge < -0.3 is 35.3 Å². The molecule has 348 valence electrons. The average molecular weight is 916 g/mol. The molecule has 3 aliphatic heterocycles. The number of unbranched alkanes of at least 4 members (excludes halogenated alkanes) is 2. The molecule has 5 heterocycles. The van der Waals surface area contributed by atoms with Crippen LogP contribution >= 0.6 is 0 Å².